The Hall–Kier alpha value is -2.86. The van der Waals surface area contributed by atoms with Crippen LogP contribution in [0.25, 0.3) is 0 Å². The van der Waals surface area contributed by atoms with Crippen molar-refractivity contribution in [1.82, 2.24) is 0 Å². The Kier molecular flexibility index (Phi) is 4.70. The summed E-state index contributed by atoms with van der Waals surface area (Å²) in [6.45, 7) is 1.98. The van der Waals surface area contributed by atoms with Crippen LogP contribution in [0.3, 0.4) is 0 Å². The lowest BCUT2D eigenvalue weighted by Gasteiger charge is -2.21. The van der Waals surface area contributed by atoms with Crippen molar-refractivity contribution in [2.24, 2.45) is 0 Å². The smallest absolute Gasteiger partial charge is 0.261 e. The predicted molar refractivity (Wildman–Crippen MR) is 96.8 cm³/mol. The average molecular weight is 355 g/mol. The van der Waals surface area contributed by atoms with E-state index in [4.69, 9.17) is 9.47 Å². The van der Waals surface area contributed by atoms with Crippen LogP contribution >= 0.6 is 0 Å². The van der Waals surface area contributed by atoms with Crippen LogP contribution in [0.5, 0.6) is 11.5 Å². The fourth-order valence-electron chi connectivity index (χ4n) is 3.14. The fourth-order valence-corrected chi connectivity index (χ4v) is 3.14. The summed E-state index contributed by atoms with van der Waals surface area (Å²) in [6.07, 6.45) is 0.388. The molecular weight excluding hydrogens is 334 g/mol. The molecule has 0 saturated heterocycles. The van der Waals surface area contributed by atoms with Crippen LogP contribution in [-0.4, -0.2) is 31.0 Å². The summed E-state index contributed by atoms with van der Waals surface area (Å²) in [7, 11) is 2.97. The first-order valence-corrected chi connectivity index (χ1v) is 8.35. The Morgan fingerprint density at radius 2 is 1.92 bits per heavy atom. The summed E-state index contributed by atoms with van der Waals surface area (Å²) in [4.78, 5) is 25.2. The van der Waals surface area contributed by atoms with Crippen molar-refractivity contribution in [3.63, 3.8) is 0 Å². The van der Waals surface area contributed by atoms with Crippen molar-refractivity contribution < 1.29 is 24.2 Å². The molecule has 0 radical (unpaired) electrons. The average Bonchev–Trinajstić information content (AvgIpc) is 2.90. The topological polar surface area (TPSA) is 84.9 Å². The molecule has 1 aliphatic rings. The summed E-state index contributed by atoms with van der Waals surface area (Å²) < 4.78 is 10.4. The SMILES string of the molecule is CCc1ccc2c(c1)[C@](O)(CC(=O)c1ccc(OC)cc1OC)C(=O)N2. The van der Waals surface area contributed by atoms with Crippen molar-refractivity contribution in [2.75, 3.05) is 19.5 Å². The monoisotopic (exact) mass is 355 g/mol. The Morgan fingerprint density at radius 1 is 1.15 bits per heavy atom. The van der Waals surface area contributed by atoms with Gasteiger partial charge in [-0.2, -0.15) is 0 Å². The lowest BCUT2D eigenvalue weighted by Crippen LogP contribution is -2.36. The molecule has 0 aromatic heterocycles. The zero-order chi connectivity index (χ0) is 18.9. The number of amides is 1. The predicted octanol–water partition coefficient (Wildman–Crippen LogP) is 2.68. The number of rotatable bonds is 6. The number of carbonyl (C=O) groups is 2. The number of nitrogens with one attached hydrogen (secondary N) is 1. The van der Waals surface area contributed by atoms with Crippen LogP contribution < -0.4 is 14.8 Å². The molecule has 0 aliphatic carbocycles. The van der Waals surface area contributed by atoms with Crippen LogP contribution in [0, 0.1) is 0 Å². The van der Waals surface area contributed by atoms with Crippen LogP contribution in [0.2, 0.25) is 0 Å². The highest BCUT2D eigenvalue weighted by Crippen LogP contribution is 2.40. The van der Waals surface area contributed by atoms with Crippen LogP contribution in [0.15, 0.2) is 36.4 Å². The van der Waals surface area contributed by atoms with Gasteiger partial charge in [0.2, 0.25) is 0 Å². The van der Waals surface area contributed by atoms with E-state index in [1.165, 1.54) is 14.2 Å². The lowest BCUT2D eigenvalue weighted by molar-refractivity contribution is -0.133. The maximum atomic E-state index is 12.8. The minimum absolute atomic E-state index is 0.287. The molecule has 1 atom stereocenters. The Bertz CT molecular complexity index is 877. The number of aryl methyl sites for hydroxylation is 1. The molecule has 0 spiro atoms. The van der Waals surface area contributed by atoms with Crippen LogP contribution in [0.4, 0.5) is 5.69 Å². The molecule has 0 bridgehead atoms. The van der Waals surface area contributed by atoms with E-state index in [0.29, 0.717) is 22.7 Å². The molecule has 1 aliphatic heterocycles. The number of Topliss-reactive ketones (excluding diaryl/α,β-unsaturated/α-hetero) is 1. The van der Waals surface area contributed by atoms with E-state index < -0.39 is 17.3 Å². The second kappa shape index (κ2) is 6.80. The molecule has 26 heavy (non-hydrogen) atoms. The van der Waals surface area contributed by atoms with E-state index in [1.807, 2.05) is 13.0 Å². The molecule has 2 aromatic carbocycles. The van der Waals surface area contributed by atoms with Gasteiger partial charge < -0.3 is 19.9 Å². The van der Waals surface area contributed by atoms with Gasteiger partial charge >= 0.3 is 0 Å². The third-order valence-electron chi connectivity index (χ3n) is 4.69. The minimum Gasteiger partial charge on any atom is -0.497 e. The summed E-state index contributed by atoms with van der Waals surface area (Å²) in [6, 6.07) is 10.2. The van der Waals surface area contributed by atoms with Crippen molar-refractivity contribution in [3.05, 3.63) is 53.1 Å². The first kappa shape index (κ1) is 17.9. The maximum Gasteiger partial charge on any atom is 0.261 e. The Balaban J connectivity index is 1.96. The van der Waals surface area contributed by atoms with Gasteiger partial charge in [0.25, 0.3) is 5.91 Å². The van der Waals surface area contributed by atoms with Gasteiger partial charge in [0.05, 0.1) is 26.2 Å². The molecule has 136 valence electrons. The van der Waals surface area contributed by atoms with Gasteiger partial charge in [-0.3, -0.25) is 9.59 Å². The third kappa shape index (κ3) is 2.93. The molecule has 2 aromatic rings. The third-order valence-corrected chi connectivity index (χ3v) is 4.69. The van der Waals surface area contributed by atoms with Gasteiger partial charge in [0.15, 0.2) is 11.4 Å². The molecule has 1 amide bonds. The number of aliphatic hydroxyl groups is 1. The van der Waals surface area contributed by atoms with Crippen molar-refractivity contribution in [3.8, 4) is 11.5 Å². The molecule has 0 fully saturated rings. The number of carbonyl (C=O) groups excluding carboxylic acids is 2. The minimum atomic E-state index is -1.90. The molecule has 3 rings (SSSR count). The number of anilines is 1. The zero-order valence-electron chi connectivity index (χ0n) is 15.0. The van der Waals surface area contributed by atoms with Crippen LogP contribution in [0.1, 0.15) is 34.8 Å². The van der Waals surface area contributed by atoms with Gasteiger partial charge in [-0.05, 0) is 30.2 Å². The number of fused-ring (bicyclic) bond motifs is 1. The number of ether oxygens (including phenoxy) is 2. The number of methoxy groups -OCH3 is 2. The number of benzene rings is 2. The quantitative estimate of drug-likeness (QED) is 0.778. The van der Waals surface area contributed by atoms with E-state index in [9.17, 15) is 14.7 Å². The molecule has 1 heterocycles. The normalized spacial score (nSPS) is 18.2. The van der Waals surface area contributed by atoms with Crippen molar-refractivity contribution in [2.45, 2.75) is 25.4 Å². The second-order valence-electron chi connectivity index (χ2n) is 6.21. The number of hydrogen-bond acceptors (Lipinski definition) is 5. The molecule has 6 nitrogen and oxygen atoms in total. The van der Waals surface area contributed by atoms with Gasteiger partial charge in [-0.25, -0.2) is 0 Å². The zero-order valence-corrected chi connectivity index (χ0v) is 15.0. The van der Waals surface area contributed by atoms with E-state index in [-0.39, 0.29) is 12.0 Å². The largest absolute Gasteiger partial charge is 0.497 e. The van der Waals surface area contributed by atoms with Gasteiger partial charge in [0.1, 0.15) is 11.5 Å². The van der Waals surface area contributed by atoms with Gasteiger partial charge in [-0.1, -0.05) is 19.1 Å². The lowest BCUT2D eigenvalue weighted by atomic mass is 9.87. The molecule has 6 heteroatoms. The Morgan fingerprint density at radius 3 is 2.58 bits per heavy atom. The second-order valence-corrected chi connectivity index (χ2v) is 6.21. The summed E-state index contributed by atoms with van der Waals surface area (Å²) in [5, 5.41) is 13.7. The maximum absolute atomic E-state index is 12.8. The van der Waals surface area contributed by atoms with Crippen molar-refractivity contribution >= 4 is 17.4 Å². The molecular formula is C20H21NO5. The summed E-state index contributed by atoms with van der Waals surface area (Å²) >= 11 is 0. The molecule has 0 saturated carbocycles. The van der Waals surface area contributed by atoms with Gasteiger partial charge in [-0.15, -0.1) is 0 Å². The Labute approximate surface area is 151 Å². The first-order valence-electron chi connectivity index (χ1n) is 8.35. The van der Waals surface area contributed by atoms with E-state index in [2.05, 4.69) is 5.32 Å². The highest BCUT2D eigenvalue weighted by atomic mass is 16.5. The standard InChI is InChI=1S/C20H21NO5/c1-4-12-5-8-16-15(9-12)20(24,19(23)21-16)11-17(22)14-7-6-13(25-2)10-18(14)26-3/h5-10,24H,4,11H2,1-3H3,(H,21,23)/t20-/m1/s1. The van der Waals surface area contributed by atoms with E-state index in [1.54, 1.807) is 30.3 Å². The molecule has 0 unspecified atom stereocenters. The van der Waals surface area contributed by atoms with E-state index in [0.717, 1.165) is 12.0 Å². The summed E-state index contributed by atoms with van der Waals surface area (Å²) in [5.41, 5.74) is 0.331. The summed E-state index contributed by atoms with van der Waals surface area (Å²) in [5.74, 6) is -0.106. The first-order chi connectivity index (χ1) is 12.4. The highest BCUT2D eigenvalue weighted by molar-refractivity contribution is 6.10. The fraction of sp³-hybridized carbons (Fsp3) is 0.300. The highest BCUT2D eigenvalue weighted by Gasteiger charge is 2.47. The number of ketones is 1. The van der Waals surface area contributed by atoms with Crippen LogP contribution in [-0.2, 0) is 16.8 Å². The molecule has 2 N–H and O–H groups in total. The number of hydrogen-bond donors (Lipinski definition) is 2. The van der Waals surface area contributed by atoms with Gasteiger partial charge in [0, 0.05) is 17.3 Å². The van der Waals surface area contributed by atoms with Crippen molar-refractivity contribution in [1.29, 1.82) is 0 Å². The van der Waals surface area contributed by atoms with E-state index >= 15 is 0 Å².